The van der Waals surface area contributed by atoms with Gasteiger partial charge in [-0.05, 0) is 24.6 Å². The number of aryl methyl sites for hydroxylation is 1. The van der Waals surface area contributed by atoms with Gasteiger partial charge in [0.05, 0.1) is 13.7 Å². The number of alkyl halides is 3. The fourth-order valence-corrected chi connectivity index (χ4v) is 4.87. The Morgan fingerprint density at radius 2 is 1.86 bits per heavy atom. The number of hydroxylamine groups is 1. The van der Waals surface area contributed by atoms with Gasteiger partial charge in [-0.25, -0.2) is 8.42 Å². The predicted molar refractivity (Wildman–Crippen MR) is 93.5 cm³/mol. The Morgan fingerprint density at radius 1 is 1.18 bits per heavy atom. The van der Waals surface area contributed by atoms with Crippen molar-refractivity contribution >= 4 is 21.4 Å². The minimum absolute atomic E-state index is 0.0872. The first-order valence-electron chi connectivity index (χ1n) is 7.75. The van der Waals surface area contributed by atoms with Crippen LogP contribution in [0, 0.1) is 6.92 Å². The molecular formula is C16H14F3N3O4S2. The number of rotatable bonds is 6. The standard InChI is InChI=1S/C16H14F3N3O4S2/c1-10-3-8-13(27-10)28(23,24)22(25-2)9-11-4-6-12(7-5-11)14-20-15(26-21-14)16(17,18)19/h3-8H,9H2,1-2H3. The van der Waals surface area contributed by atoms with Crippen LogP contribution < -0.4 is 0 Å². The highest BCUT2D eigenvalue weighted by Crippen LogP contribution is 2.30. The third-order valence-electron chi connectivity index (χ3n) is 3.63. The number of hydrogen-bond acceptors (Lipinski definition) is 7. The highest BCUT2D eigenvalue weighted by molar-refractivity contribution is 7.91. The number of halogens is 3. The van der Waals surface area contributed by atoms with Crippen LogP contribution >= 0.6 is 11.3 Å². The Morgan fingerprint density at radius 3 is 2.36 bits per heavy atom. The number of benzene rings is 1. The lowest BCUT2D eigenvalue weighted by Gasteiger charge is -2.18. The molecule has 3 aromatic rings. The van der Waals surface area contributed by atoms with Crippen molar-refractivity contribution in [1.29, 1.82) is 0 Å². The second kappa shape index (κ2) is 7.62. The summed E-state index contributed by atoms with van der Waals surface area (Å²) in [5.74, 6) is -1.65. The van der Waals surface area contributed by atoms with E-state index in [0.29, 0.717) is 11.1 Å². The van der Waals surface area contributed by atoms with Crippen LogP contribution in [0.25, 0.3) is 11.4 Å². The van der Waals surface area contributed by atoms with Crippen LogP contribution in [-0.4, -0.2) is 30.1 Å². The third-order valence-corrected chi connectivity index (χ3v) is 6.77. The third kappa shape index (κ3) is 4.24. The number of sulfonamides is 1. The molecule has 0 bridgehead atoms. The maximum Gasteiger partial charge on any atom is 0.471 e. The maximum absolute atomic E-state index is 12.6. The molecule has 1 aromatic carbocycles. The second-order valence-corrected chi connectivity index (χ2v) is 8.97. The minimum atomic E-state index is -4.72. The summed E-state index contributed by atoms with van der Waals surface area (Å²) in [6.07, 6.45) is -4.72. The molecule has 0 aliphatic rings. The van der Waals surface area contributed by atoms with Gasteiger partial charge in [0, 0.05) is 10.4 Å². The summed E-state index contributed by atoms with van der Waals surface area (Å²) < 4.78 is 68.1. The predicted octanol–water partition coefficient (Wildman–Crippen LogP) is 3.88. The van der Waals surface area contributed by atoms with Crippen molar-refractivity contribution < 1.29 is 30.9 Å². The Bertz CT molecular complexity index is 1060. The highest BCUT2D eigenvalue weighted by atomic mass is 32.2. The number of thiophene rings is 1. The molecule has 12 heteroatoms. The number of aromatic nitrogens is 2. The monoisotopic (exact) mass is 433 g/mol. The van der Waals surface area contributed by atoms with E-state index >= 15 is 0 Å². The molecule has 0 radical (unpaired) electrons. The minimum Gasteiger partial charge on any atom is -0.329 e. The van der Waals surface area contributed by atoms with E-state index < -0.39 is 22.1 Å². The van der Waals surface area contributed by atoms with E-state index in [4.69, 9.17) is 4.84 Å². The first-order chi connectivity index (χ1) is 13.1. The molecule has 0 N–H and O–H groups in total. The smallest absolute Gasteiger partial charge is 0.329 e. The first kappa shape index (κ1) is 20.5. The molecule has 0 saturated heterocycles. The van der Waals surface area contributed by atoms with Gasteiger partial charge >= 0.3 is 12.1 Å². The van der Waals surface area contributed by atoms with Crippen LogP contribution in [0.2, 0.25) is 0 Å². The Labute approximate surface area is 162 Å². The Hall–Kier alpha value is -2.28. The zero-order chi connectivity index (χ0) is 20.5. The van der Waals surface area contributed by atoms with Crippen LogP contribution in [0.3, 0.4) is 0 Å². The zero-order valence-electron chi connectivity index (χ0n) is 14.6. The lowest BCUT2D eigenvalue weighted by molar-refractivity contribution is -0.159. The van der Waals surface area contributed by atoms with Crippen LogP contribution in [0.4, 0.5) is 13.2 Å². The van der Waals surface area contributed by atoms with Gasteiger partial charge in [-0.1, -0.05) is 33.9 Å². The summed E-state index contributed by atoms with van der Waals surface area (Å²) in [7, 11) is -2.60. The van der Waals surface area contributed by atoms with Crippen LogP contribution in [0.1, 0.15) is 16.3 Å². The molecule has 150 valence electrons. The fourth-order valence-electron chi connectivity index (χ4n) is 2.26. The molecule has 7 nitrogen and oxygen atoms in total. The van der Waals surface area contributed by atoms with E-state index in [2.05, 4.69) is 14.7 Å². The summed E-state index contributed by atoms with van der Waals surface area (Å²) >= 11 is 1.12. The van der Waals surface area contributed by atoms with Crippen molar-refractivity contribution in [3.8, 4) is 11.4 Å². The molecule has 0 spiro atoms. The normalized spacial score (nSPS) is 12.6. The fraction of sp³-hybridized carbons (Fsp3) is 0.250. The lowest BCUT2D eigenvalue weighted by atomic mass is 10.1. The van der Waals surface area contributed by atoms with Crippen molar-refractivity contribution in [2.75, 3.05) is 7.11 Å². The zero-order valence-corrected chi connectivity index (χ0v) is 16.2. The van der Waals surface area contributed by atoms with Crippen molar-refractivity contribution in [2.24, 2.45) is 0 Å². The summed E-state index contributed by atoms with van der Waals surface area (Å²) in [5, 5.41) is 3.31. The van der Waals surface area contributed by atoms with Gasteiger partial charge in [0.2, 0.25) is 5.82 Å². The van der Waals surface area contributed by atoms with Gasteiger partial charge in [-0.3, -0.25) is 4.84 Å². The molecule has 0 unspecified atom stereocenters. The summed E-state index contributed by atoms with van der Waals surface area (Å²) in [4.78, 5) is 9.18. The van der Waals surface area contributed by atoms with E-state index in [0.717, 1.165) is 20.7 Å². The molecule has 0 fully saturated rings. The van der Waals surface area contributed by atoms with Gasteiger partial charge in [0.15, 0.2) is 0 Å². The molecule has 0 amide bonds. The van der Waals surface area contributed by atoms with Crippen molar-refractivity contribution in [2.45, 2.75) is 23.9 Å². The van der Waals surface area contributed by atoms with E-state index in [9.17, 15) is 21.6 Å². The van der Waals surface area contributed by atoms with Gasteiger partial charge < -0.3 is 4.52 Å². The second-order valence-electron chi connectivity index (χ2n) is 5.63. The van der Waals surface area contributed by atoms with Gasteiger partial charge in [0.1, 0.15) is 4.21 Å². The van der Waals surface area contributed by atoms with E-state index in [1.807, 2.05) is 0 Å². The van der Waals surface area contributed by atoms with Gasteiger partial charge in [-0.2, -0.15) is 18.2 Å². The molecule has 0 atom stereocenters. The van der Waals surface area contributed by atoms with Crippen LogP contribution in [-0.2, 0) is 27.6 Å². The lowest BCUT2D eigenvalue weighted by Crippen LogP contribution is -2.29. The Balaban J connectivity index is 1.78. The van der Waals surface area contributed by atoms with Crippen molar-refractivity contribution in [3.05, 3.63) is 52.7 Å². The largest absolute Gasteiger partial charge is 0.471 e. The number of nitrogens with zero attached hydrogens (tertiary/aromatic N) is 3. The molecule has 3 rings (SSSR count). The molecule has 28 heavy (non-hydrogen) atoms. The van der Waals surface area contributed by atoms with E-state index in [1.165, 1.54) is 25.3 Å². The maximum atomic E-state index is 12.6. The SMILES string of the molecule is CON(Cc1ccc(-c2noc(C(F)(F)F)n2)cc1)S(=O)(=O)c1ccc(C)s1. The highest BCUT2D eigenvalue weighted by Gasteiger charge is 2.38. The van der Waals surface area contributed by atoms with Crippen molar-refractivity contribution in [3.63, 3.8) is 0 Å². The summed E-state index contributed by atoms with van der Waals surface area (Å²) in [6.45, 7) is 1.71. The van der Waals surface area contributed by atoms with Crippen LogP contribution in [0.5, 0.6) is 0 Å². The van der Waals surface area contributed by atoms with Gasteiger partial charge in [-0.15, -0.1) is 11.3 Å². The average Bonchev–Trinajstić information content (AvgIpc) is 3.29. The van der Waals surface area contributed by atoms with Crippen molar-refractivity contribution in [1.82, 2.24) is 14.6 Å². The van der Waals surface area contributed by atoms with E-state index in [-0.39, 0.29) is 16.6 Å². The number of hydrogen-bond donors (Lipinski definition) is 0. The molecule has 0 aliphatic carbocycles. The quantitative estimate of drug-likeness (QED) is 0.549. The van der Waals surface area contributed by atoms with Gasteiger partial charge in [0.25, 0.3) is 10.0 Å². The van der Waals surface area contributed by atoms with Crippen LogP contribution in [0.15, 0.2) is 45.1 Å². The topological polar surface area (TPSA) is 85.5 Å². The molecule has 0 aliphatic heterocycles. The average molecular weight is 433 g/mol. The first-order valence-corrected chi connectivity index (χ1v) is 10.0. The summed E-state index contributed by atoms with van der Waals surface area (Å²) in [6, 6.07) is 9.21. The molecule has 2 aromatic heterocycles. The summed E-state index contributed by atoms with van der Waals surface area (Å²) in [5.41, 5.74) is 0.852. The molecule has 2 heterocycles. The molecule has 0 saturated carbocycles. The molecular weight excluding hydrogens is 419 g/mol. The van der Waals surface area contributed by atoms with E-state index in [1.54, 1.807) is 25.1 Å². The Kier molecular flexibility index (Phi) is 5.57.